The molecule has 1 aliphatic heterocycles. The molecule has 1 N–H and O–H groups in total. The Labute approximate surface area is 106 Å². The van der Waals surface area contributed by atoms with E-state index in [1.54, 1.807) is 6.20 Å². The Morgan fingerprint density at radius 1 is 1.50 bits per heavy atom. The summed E-state index contributed by atoms with van der Waals surface area (Å²) in [5.74, 6) is 1.91. The molecule has 2 aromatic heterocycles. The normalized spacial score (nSPS) is 19.3. The lowest BCUT2D eigenvalue weighted by Crippen LogP contribution is -2.10. The zero-order chi connectivity index (χ0) is 12.4. The highest BCUT2D eigenvalue weighted by Gasteiger charge is 2.19. The molecule has 2 aromatic rings. The quantitative estimate of drug-likeness (QED) is 0.888. The first-order chi connectivity index (χ1) is 8.81. The standard InChI is InChI=1S/C13H16N4O/c1-9-2-5-15-11(6-9)13-16-12(18-17-13)7-10-3-4-14-8-10/h2,5-6,10,14H,3-4,7-8H2,1H3. The molecule has 0 aromatic carbocycles. The third-order valence-corrected chi connectivity index (χ3v) is 3.24. The lowest BCUT2D eigenvalue weighted by atomic mass is 10.1. The lowest BCUT2D eigenvalue weighted by molar-refractivity contribution is 0.358. The van der Waals surface area contributed by atoms with Crippen LogP contribution in [0.1, 0.15) is 17.9 Å². The third-order valence-electron chi connectivity index (χ3n) is 3.24. The van der Waals surface area contributed by atoms with Gasteiger partial charge in [-0.1, -0.05) is 5.16 Å². The van der Waals surface area contributed by atoms with Gasteiger partial charge in [0, 0.05) is 12.6 Å². The van der Waals surface area contributed by atoms with Crippen molar-refractivity contribution >= 4 is 0 Å². The molecule has 5 heteroatoms. The van der Waals surface area contributed by atoms with Crippen LogP contribution in [0.15, 0.2) is 22.9 Å². The molecule has 0 spiro atoms. The Bertz CT molecular complexity index is 531. The van der Waals surface area contributed by atoms with E-state index < -0.39 is 0 Å². The number of nitrogens with zero attached hydrogens (tertiary/aromatic N) is 3. The average molecular weight is 244 g/mol. The molecule has 0 amide bonds. The molecule has 1 atom stereocenters. The second kappa shape index (κ2) is 4.86. The molecule has 1 saturated heterocycles. The van der Waals surface area contributed by atoms with Crippen molar-refractivity contribution in [2.75, 3.05) is 13.1 Å². The summed E-state index contributed by atoms with van der Waals surface area (Å²) in [4.78, 5) is 8.67. The first kappa shape index (κ1) is 11.3. The fourth-order valence-corrected chi connectivity index (χ4v) is 2.24. The number of hydrogen-bond donors (Lipinski definition) is 1. The summed E-state index contributed by atoms with van der Waals surface area (Å²) in [6, 6.07) is 3.92. The predicted molar refractivity (Wildman–Crippen MR) is 66.9 cm³/mol. The van der Waals surface area contributed by atoms with Gasteiger partial charge < -0.3 is 9.84 Å². The van der Waals surface area contributed by atoms with Crippen molar-refractivity contribution < 1.29 is 4.52 Å². The van der Waals surface area contributed by atoms with Gasteiger partial charge in [0.05, 0.1) is 0 Å². The number of aryl methyl sites for hydroxylation is 1. The molecular formula is C13H16N4O. The molecule has 0 saturated carbocycles. The minimum absolute atomic E-state index is 0.583. The topological polar surface area (TPSA) is 63.8 Å². The second-order valence-corrected chi connectivity index (χ2v) is 4.79. The van der Waals surface area contributed by atoms with Crippen molar-refractivity contribution in [1.29, 1.82) is 0 Å². The van der Waals surface area contributed by atoms with Gasteiger partial charge in [0.15, 0.2) is 0 Å². The molecular weight excluding hydrogens is 228 g/mol. The first-order valence-electron chi connectivity index (χ1n) is 6.27. The highest BCUT2D eigenvalue weighted by molar-refractivity contribution is 5.48. The largest absolute Gasteiger partial charge is 0.339 e. The van der Waals surface area contributed by atoms with E-state index in [9.17, 15) is 0 Å². The van der Waals surface area contributed by atoms with Gasteiger partial charge in [0.2, 0.25) is 11.7 Å². The number of hydrogen-bond acceptors (Lipinski definition) is 5. The van der Waals surface area contributed by atoms with Crippen LogP contribution in [0.2, 0.25) is 0 Å². The number of aromatic nitrogens is 3. The van der Waals surface area contributed by atoms with Crippen molar-refractivity contribution in [3.8, 4) is 11.5 Å². The Morgan fingerprint density at radius 3 is 3.22 bits per heavy atom. The maximum absolute atomic E-state index is 5.29. The van der Waals surface area contributed by atoms with Gasteiger partial charge in [-0.2, -0.15) is 4.98 Å². The molecule has 3 rings (SSSR count). The van der Waals surface area contributed by atoms with Crippen LogP contribution in [0.25, 0.3) is 11.5 Å². The van der Waals surface area contributed by atoms with Crippen LogP contribution in [-0.4, -0.2) is 28.2 Å². The summed E-state index contributed by atoms with van der Waals surface area (Å²) in [6.45, 7) is 4.15. The van der Waals surface area contributed by atoms with E-state index in [1.807, 2.05) is 19.1 Å². The molecule has 1 fully saturated rings. The number of nitrogens with one attached hydrogen (secondary N) is 1. The van der Waals surface area contributed by atoms with Crippen LogP contribution in [0.5, 0.6) is 0 Å². The van der Waals surface area contributed by atoms with Crippen molar-refractivity contribution in [3.05, 3.63) is 29.8 Å². The van der Waals surface area contributed by atoms with E-state index in [0.717, 1.165) is 30.8 Å². The van der Waals surface area contributed by atoms with Gasteiger partial charge in [-0.05, 0) is 50.0 Å². The van der Waals surface area contributed by atoms with E-state index in [1.165, 1.54) is 6.42 Å². The fraction of sp³-hybridized carbons (Fsp3) is 0.462. The molecule has 0 aliphatic carbocycles. The van der Waals surface area contributed by atoms with E-state index >= 15 is 0 Å². The van der Waals surface area contributed by atoms with Crippen LogP contribution >= 0.6 is 0 Å². The third kappa shape index (κ3) is 2.41. The number of rotatable bonds is 3. The van der Waals surface area contributed by atoms with Crippen molar-refractivity contribution in [1.82, 2.24) is 20.4 Å². The Hall–Kier alpha value is -1.75. The highest BCUT2D eigenvalue weighted by atomic mass is 16.5. The molecule has 1 unspecified atom stereocenters. The lowest BCUT2D eigenvalue weighted by Gasteiger charge is -2.01. The van der Waals surface area contributed by atoms with E-state index in [0.29, 0.717) is 17.6 Å². The average Bonchev–Trinajstić information content (AvgIpc) is 3.01. The SMILES string of the molecule is Cc1ccnc(-c2noc(CC3CCNC3)n2)c1. The predicted octanol–water partition coefficient (Wildman–Crippen LogP) is 1.59. The first-order valence-corrected chi connectivity index (χ1v) is 6.27. The zero-order valence-electron chi connectivity index (χ0n) is 10.4. The summed E-state index contributed by atoms with van der Waals surface area (Å²) < 4.78 is 5.29. The van der Waals surface area contributed by atoms with Gasteiger partial charge in [0.25, 0.3) is 0 Å². The summed E-state index contributed by atoms with van der Waals surface area (Å²) in [5.41, 5.74) is 1.92. The molecule has 1 aliphatic rings. The van der Waals surface area contributed by atoms with E-state index in [4.69, 9.17) is 4.52 Å². The van der Waals surface area contributed by atoms with E-state index in [-0.39, 0.29) is 0 Å². The Balaban J connectivity index is 1.76. The van der Waals surface area contributed by atoms with Gasteiger partial charge in [0.1, 0.15) is 5.69 Å². The van der Waals surface area contributed by atoms with Gasteiger partial charge in [-0.3, -0.25) is 4.98 Å². The Kier molecular flexibility index (Phi) is 3.06. The summed E-state index contributed by atoms with van der Waals surface area (Å²) in [6.07, 6.45) is 3.80. The minimum Gasteiger partial charge on any atom is -0.339 e. The molecule has 18 heavy (non-hydrogen) atoms. The van der Waals surface area contributed by atoms with Crippen LogP contribution in [0, 0.1) is 12.8 Å². The smallest absolute Gasteiger partial charge is 0.227 e. The Morgan fingerprint density at radius 2 is 2.44 bits per heavy atom. The van der Waals surface area contributed by atoms with Crippen molar-refractivity contribution in [2.24, 2.45) is 5.92 Å². The monoisotopic (exact) mass is 244 g/mol. The molecule has 94 valence electrons. The molecule has 0 bridgehead atoms. The maximum atomic E-state index is 5.29. The van der Waals surface area contributed by atoms with Crippen LogP contribution in [-0.2, 0) is 6.42 Å². The maximum Gasteiger partial charge on any atom is 0.227 e. The fourth-order valence-electron chi connectivity index (χ4n) is 2.24. The highest BCUT2D eigenvalue weighted by Crippen LogP contribution is 2.18. The van der Waals surface area contributed by atoms with E-state index in [2.05, 4.69) is 20.4 Å². The summed E-state index contributed by atoms with van der Waals surface area (Å²) >= 11 is 0. The molecule has 3 heterocycles. The molecule has 5 nitrogen and oxygen atoms in total. The van der Waals surface area contributed by atoms with Gasteiger partial charge in [-0.25, -0.2) is 0 Å². The summed E-state index contributed by atoms with van der Waals surface area (Å²) in [5, 5.41) is 7.34. The number of pyridine rings is 1. The van der Waals surface area contributed by atoms with Crippen molar-refractivity contribution in [3.63, 3.8) is 0 Å². The van der Waals surface area contributed by atoms with Gasteiger partial charge in [-0.15, -0.1) is 0 Å². The summed E-state index contributed by atoms with van der Waals surface area (Å²) in [7, 11) is 0. The zero-order valence-corrected chi connectivity index (χ0v) is 10.4. The van der Waals surface area contributed by atoms with Crippen LogP contribution in [0.3, 0.4) is 0 Å². The molecule has 0 radical (unpaired) electrons. The van der Waals surface area contributed by atoms with Crippen LogP contribution in [0.4, 0.5) is 0 Å². The second-order valence-electron chi connectivity index (χ2n) is 4.79. The van der Waals surface area contributed by atoms with Crippen LogP contribution < -0.4 is 5.32 Å². The van der Waals surface area contributed by atoms with Gasteiger partial charge >= 0.3 is 0 Å². The minimum atomic E-state index is 0.583. The van der Waals surface area contributed by atoms with Crippen molar-refractivity contribution in [2.45, 2.75) is 19.8 Å².